The lowest BCUT2D eigenvalue weighted by Crippen LogP contribution is -2.21. The Kier molecular flexibility index (Phi) is 3.35. The number of nitriles is 1. The summed E-state index contributed by atoms with van der Waals surface area (Å²) < 4.78 is 6.45. The summed E-state index contributed by atoms with van der Waals surface area (Å²) in [5.74, 6) is -0.748. The predicted molar refractivity (Wildman–Crippen MR) is 81.2 cm³/mol. The van der Waals surface area contributed by atoms with Crippen LogP contribution in [0.1, 0.15) is 22.8 Å². The van der Waals surface area contributed by atoms with E-state index < -0.39 is 11.4 Å². The second-order valence-electron chi connectivity index (χ2n) is 4.58. The van der Waals surface area contributed by atoms with Gasteiger partial charge in [-0.05, 0) is 25.1 Å². The number of H-pyrrole nitrogens is 1. The van der Waals surface area contributed by atoms with Gasteiger partial charge in [-0.25, -0.2) is 4.79 Å². The van der Waals surface area contributed by atoms with E-state index in [1.165, 1.54) is 6.20 Å². The number of nitrogens with one attached hydrogen (secondary N) is 1. The molecule has 110 valence electrons. The topological polar surface area (TPSA) is 87.4 Å². The molecule has 3 rings (SSSR count). The Morgan fingerprint density at radius 2 is 2.27 bits per heavy atom. The van der Waals surface area contributed by atoms with Crippen LogP contribution < -0.4 is 5.43 Å². The van der Waals surface area contributed by atoms with Gasteiger partial charge in [-0.3, -0.25) is 9.20 Å². The van der Waals surface area contributed by atoms with Crippen molar-refractivity contribution in [3.63, 3.8) is 0 Å². The fourth-order valence-corrected chi connectivity index (χ4v) is 2.50. The Balaban J connectivity index is 2.44. The van der Waals surface area contributed by atoms with E-state index in [0.717, 1.165) is 0 Å². The average Bonchev–Trinajstić information content (AvgIpc) is 2.83. The van der Waals surface area contributed by atoms with Crippen molar-refractivity contribution in [3.8, 4) is 6.07 Å². The van der Waals surface area contributed by atoms with Crippen LogP contribution in [0.3, 0.4) is 0 Å². The first-order valence-corrected chi connectivity index (χ1v) is 6.88. The lowest BCUT2D eigenvalue weighted by atomic mass is 10.2. The lowest BCUT2D eigenvalue weighted by molar-refractivity contribution is 0.0524. The number of rotatable bonds is 2. The van der Waals surface area contributed by atoms with Crippen LogP contribution in [-0.4, -0.2) is 22.0 Å². The zero-order valence-corrected chi connectivity index (χ0v) is 12.3. The molecule has 0 atom stereocenters. The Bertz CT molecular complexity index is 1010. The van der Waals surface area contributed by atoms with Crippen molar-refractivity contribution in [2.45, 2.75) is 6.92 Å². The summed E-state index contributed by atoms with van der Waals surface area (Å²) in [6, 6.07) is 6.95. The zero-order chi connectivity index (χ0) is 15.9. The highest BCUT2D eigenvalue weighted by Gasteiger charge is 2.20. The maximum atomic E-state index is 12.3. The number of aromatic nitrogens is 2. The number of imidazole rings is 1. The Morgan fingerprint density at radius 1 is 1.50 bits per heavy atom. The number of hydrogen-bond acceptors (Lipinski definition) is 4. The van der Waals surface area contributed by atoms with Crippen LogP contribution in [-0.2, 0) is 4.74 Å². The maximum absolute atomic E-state index is 12.3. The molecule has 0 saturated heterocycles. The average molecular weight is 316 g/mol. The number of fused-ring (bicyclic) bond motifs is 3. The van der Waals surface area contributed by atoms with Gasteiger partial charge in [0.2, 0.25) is 5.43 Å². The summed E-state index contributed by atoms with van der Waals surface area (Å²) in [7, 11) is 0. The van der Waals surface area contributed by atoms with E-state index in [-0.39, 0.29) is 17.7 Å². The largest absolute Gasteiger partial charge is 0.462 e. The number of aromatic amines is 1. The van der Waals surface area contributed by atoms with Crippen LogP contribution in [0.15, 0.2) is 29.2 Å². The van der Waals surface area contributed by atoms with E-state index in [1.54, 1.807) is 29.5 Å². The fraction of sp³-hybridized carbons (Fsp3) is 0.133. The second-order valence-corrected chi connectivity index (χ2v) is 5.02. The zero-order valence-electron chi connectivity index (χ0n) is 11.5. The predicted octanol–water partition coefficient (Wildman–Crippen LogP) is 2.48. The number of benzene rings is 1. The number of ether oxygens (including phenoxy) is 1. The van der Waals surface area contributed by atoms with Crippen molar-refractivity contribution >= 4 is 34.3 Å². The molecule has 0 aliphatic rings. The van der Waals surface area contributed by atoms with E-state index in [9.17, 15) is 14.9 Å². The van der Waals surface area contributed by atoms with Crippen LogP contribution in [0, 0.1) is 11.3 Å². The van der Waals surface area contributed by atoms with Gasteiger partial charge in [-0.15, -0.1) is 0 Å². The number of pyridine rings is 1. The van der Waals surface area contributed by atoms with Gasteiger partial charge in [0.25, 0.3) is 0 Å². The molecule has 0 saturated carbocycles. The van der Waals surface area contributed by atoms with Crippen molar-refractivity contribution in [3.05, 3.63) is 50.8 Å². The molecule has 0 unspecified atom stereocenters. The molecule has 0 amide bonds. The van der Waals surface area contributed by atoms with Gasteiger partial charge in [-0.1, -0.05) is 11.6 Å². The van der Waals surface area contributed by atoms with Crippen molar-refractivity contribution in [1.29, 1.82) is 5.26 Å². The van der Waals surface area contributed by atoms with Crippen LogP contribution in [0.5, 0.6) is 0 Å². The summed E-state index contributed by atoms with van der Waals surface area (Å²) in [6.07, 6.45) is 1.38. The standard InChI is InChI=1S/C15H10ClN3O3/c1-2-22-15(21)10-7-19-12-4-3-8(16)5-11(12)18-14(19)9(6-17)13(10)20/h3-5,7,18H,2H2,1H3. The smallest absolute Gasteiger partial charge is 0.343 e. The third-order valence-electron chi connectivity index (χ3n) is 3.29. The first-order chi connectivity index (χ1) is 10.6. The fourth-order valence-electron chi connectivity index (χ4n) is 2.33. The Morgan fingerprint density at radius 3 is 2.95 bits per heavy atom. The monoisotopic (exact) mass is 315 g/mol. The minimum absolute atomic E-state index is 0.141. The molecule has 0 bridgehead atoms. The lowest BCUT2D eigenvalue weighted by Gasteiger charge is -2.04. The number of hydrogen-bond donors (Lipinski definition) is 1. The van der Waals surface area contributed by atoms with E-state index in [0.29, 0.717) is 21.7 Å². The number of halogens is 1. The van der Waals surface area contributed by atoms with Gasteiger partial charge in [0.05, 0.1) is 17.6 Å². The van der Waals surface area contributed by atoms with Crippen molar-refractivity contribution in [2.24, 2.45) is 0 Å². The molecule has 2 heterocycles. The molecule has 2 aromatic heterocycles. The normalized spacial score (nSPS) is 10.8. The molecule has 6 nitrogen and oxygen atoms in total. The highest BCUT2D eigenvalue weighted by Crippen LogP contribution is 2.22. The number of carbonyl (C=O) groups excluding carboxylic acids is 1. The third-order valence-corrected chi connectivity index (χ3v) is 3.52. The molecule has 1 N–H and O–H groups in total. The highest BCUT2D eigenvalue weighted by molar-refractivity contribution is 6.31. The Hall–Kier alpha value is -2.78. The van der Waals surface area contributed by atoms with Crippen molar-refractivity contribution < 1.29 is 9.53 Å². The van der Waals surface area contributed by atoms with Crippen molar-refractivity contribution in [2.75, 3.05) is 6.61 Å². The molecule has 3 aromatic rings. The van der Waals surface area contributed by atoms with E-state index in [4.69, 9.17) is 16.3 Å². The number of esters is 1. The second kappa shape index (κ2) is 5.20. The molecule has 1 aromatic carbocycles. The minimum Gasteiger partial charge on any atom is -0.462 e. The highest BCUT2D eigenvalue weighted by atomic mass is 35.5. The van der Waals surface area contributed by atoms with E-state index in [2.05, 4.69) is 4.98 Å². The van der Waals surface area contributed by atoms with Crippen LogP contribution in [0.25, 0.3) is 16.7 Å². The van der Waals surface area contributed by atoms with Gasteiger partial charge in [-0.2, -0.15) is 5.26 Å². The molecule has 7 heteroatoms. The number of carbonyl (C=O) groups is 1. The molecule has 0 aliphatic heterocycles. The molecular weight excluding hydrogens is 306 g/mol. The van der Waals surface area contributed by atoms with E-state index >= 15 is 0 Å². The third kappa shape index (κ3) is 2.03. The van der Waals surface area contributed by atoms with Crippen LogP contribution >= 0.6 is 11.6 Å². The van der Waals surface area contributed by atoms with Crippen molar-refractivity contribution in [1.82, 2.24) is 9.38 Å². The van der Waals surface area contributed by atoms with E-state index in [1.807, 2.05) is 6.07 Å². The Labute approximate surface area is 129 Å². The summed E-state index contributed by atoms with van der Waals surface area (Å²) in [5, 5.41) is 9.79. The summed E-state index contributed by atoms with van der Waals surface area (Å²) >= 11 is 5.94. The number of nitrogens with zero attached hydrogens (tertiary/aromatic N) is 2. The summed E-state index contributed by atoms with van der Waals surface area (Å²) in [5.41, 5.74) is 0.701. The van der Waals surface area contributed by atoms with Crippen LogP contribution in [0.2, 0.25) is 5.02 Å². The molecular formula is C15H10ClN3O3. The molecule has 0 aliphatic carbocycles. The van der Waals surface area contributed by atoms with Gasteiger partial charge in [0, 0.05) is 11.2 Å². The molecule has 0 spiro atoms. The van der Waals surface area contributed by atoms with Gasteiger partial charge >= 0.3 is 5.97 Å². The van der Waals surface area contributed by atoms with Crippen LogP contribution in [0.4, 0.5) is 0 Å². The van der Waals surface area contributed by atoms with Gasteiger partial charge in [0.1, 0.15) is 22.8 Å². The molecule has 0 fully saturated rings. The summed E-state index contributed by atoms with van der Waals surface area (Å²) in [4.78, 5) is 27.2. The minimum atomic E-state index is -0.748. The first kappa shape index (κ1) is 14.2. The summed E-state index contributed by atoms with van der Waals surface area (Å²) in [6.45, 7) is 1.79. The van der Waals surface area contributed by atoms with Gasteiger partial charge < -0.3 is 9.72 Å². The maximum Gasteiger partial charge on any atom is 0.343 e. The first-order valence-electron chi connectivity index (χ1n) is 6.50. The quantitative estimate of drug-likeness (QED) is 0.736. The molecule has 0 radical (unpaired) electrons. The van der Waals surface area contributed by atoms with Gasteiger partial charge in [0.15, 0.2) is 0 Å². The molecule has 22 heavy (non-hydrogen) atoms. The SMILES string of the molecule is CCOC(=O)c1cn2c([nH]c3cc(Cl)ccc32)c(C#N)c1=O.